The van der Waals surface area contributed by atoms with Crippen LogP contribution >= 0.6 is 35.0 Å². The summed E-state index contributed by atoms with van der Waals surface area (Å²) in [5, 5.41) is 2.66. The van der Waals surface area contributed by atoms with Crippen LogP contribution in [0.4, 0.5) is 4.79 Å². The van der Waals surface area contributed by atoms with Crippen molar-refractivity contribution < 1.29 is 9.59 Å². The van der Waals surface area contributed by atoms with Crippen molar-refractivity contribution in [2.24, 2.45) is 0 Å². The fraction of sp³-hybridized carbons (Fsp3) is 0.0476. The van der Waals surface area contributed by atoms with Crippen LogP contribution in [-0.4, -0.2) is 16.0 Å². The van der Waals surface area contributed by atoms with Crippen LogP contribution in [0.3, 0.4) is 0 Å². The van der Waals surface area contributed by atoms with Crippen LogP contribution in [0, 0.1) is 0 Å². The molecule has 0 saturated carbocycles. The van der Waals surface area contributed by atoms with Crippen LogP contribution in [-0.2, 0) is 11.3 Å². The average molecular weight is 414 g/mol. The molecular weight excluding hydrogens is 401 g/mol. The second-order valence-electron chi connectivity index (χ2n) is 6.04. The molecule has 0 aromatic heterocycles. The Morgan fingerprint density at radius 1 is 0.889 bits per heavy atom. The van der Waals surface area contributed by atoms with Gasteiger partial charge in [0.25, 0.3) is 11.1 Å². The Kier molecular flexibility index (Phi) is 4.96. The van der Waals surface area contributed by atoms with Crippen LogP contribution in [0.1, 0.15) is 11.1 Å². The zero-order chi connectivity index (χ0) is 19.0. The van der Waals surface area contributed by atoms with Gasteiger partial charge in [-0.25, -0.2) is 0 Å². The highest BCUT2D eigenvalue weighted by molar-refractivity contribution is 8.18. The molecule has 0 bridgehead atoms. The van der Waals surface area contributed by atoms with Gasteiger partial charge in [0.2, 0.25) is 0 Å². The summed E-state index contributed by atoms with van der Waals surface area (Å²) in [6, 6.07) is 18.9. The molecule has 3 aromatic rings. The van der Waals surface area contributed by atoms with E-state index in [4.69, 9.17) is 23.2 Å². The van der Waals surface area contributed by atoms with Gasteiger partial charge in [-0.15, -0.1) is 0 Å². The number of imide groups is 1. The maximum Gasteiger partial charge on any atom is 0.293 e. The van der Waals surface area contributed by atoms with E-state index in [-0.39, 0.29) is 17.7 Å². The molecule has 0 radical (unpaired) electrons. The van der Waals surface area contributed by atoms with Crippen LogP contribution < -0.4 is 0 Å². The molecule has 3 aromatic carbocycles. The quantitative estimate of drug-likeness (QED) is 0.467. The summed E-state index contributed by atoms with van der Waals surface area (Å²) < 4.78 is 0. The van der Waals surface area contributed by atoms with Gasteiger partial charge in [0.1, 0.15) is 0 Å². The zero-order valence-corrected chi connectivity index (χ0v) is 16.3. The lowest BCUT2D eigenvalue weighted by Gasteiger charge is -2.14. The van der Waals surface area contributed by atoms with Crippen molar-refractivity contribution in [3.63, 3.8) is 0 Å². The molecule has 1 saturated heterocycles. The standard InChI is InChI=1S/C21H13Cl2NO2S/c22-17-9-4-10-18(23)16(17)11-19-20(25)24(21(26)27-19)12-14-7-3-6-13-5-1-2-8-15(13)14/h1-11H,12H2/b19-11-. The molecular formula is C21H13Cl2NO2S. The van der Waals surface area contributed by atoms with Crippen LogP contribution in [0.5, 0.6) is 0 Å². The molecule has 1 aliphatic heterocycles. The van der Waals surface area contributed by atoms with E-state index in [0.717, 1.165) is 28.1 Å². The number of hydrogen-bond donors (Lipinski definition) is 0. The summed E-state index contributed by atoms with van der Waals surface area (Å²) in [7, 11) is 0. The number of thioether (sulfide) groups is 1. The first-order valence-electron chi connectivity index (χ1n) is 8.20. The van der Waals surface area contributed by atoms with Gasteiger partial charge in [-0.2, -0.15) is 0 Å². The van der Waals surface area contributed by atoms with E-state index in [1.807, 2.05) is 42.5 Å². The number of rotatable bonds is 3. The van der Waals surface area contributed by atoms with Gasteiger partial charge < -0.3 is 0 Å². The number of fused-ring (bicyclic) bond motifs is 1. The van der Waals surface area contributed by atoms with Gasteiger partial charge in [-0.05, 0) is 46.3 Å². The van der Waals surface area contributed by atoms with Gasteiger partial charge in [0.05, 0.1) is 11.4 Å². The maximum absolute atomic E-state index is 12.8. The second-order valence-corrected chi connectivity index (χ2v) is 7.85. The van der Waals surface area contributed by atoms with Gasteiger partial charge in [0, 0.05) is 15.6 Å². The van der Waals surface area contributed by atoms with Crippen molar-refractivity contribution in [2.75, 3.05) is 0 Å². The number of amides is 2. The minimum absolute atomic E-state index is 0.222. The van der Waals surface area contributed by atoms with Crippen LogP contribution in [0.2, 0.25) is 10.0 Å². The molecule has 1 heterocycles. The number of carbonyl (C=O) groups is 2. The molecule has 0 spiro atoms. The highest BCUT2D eigenvalue weighted by Gasteiger charge is 2.35. The normalized spacial score (nSPS) is 15.9. The highest BCUT2D eigenvalue weighted by atomic mass is 35.5. The first-order chi connectivity index (χ1) is 13.0. The fourth-order valence-electron chi connectivity index (χ4n) is 3.02. The van der Waals surface area contributed by atoms with Gasteiger partial charge >= 0.3 is 0 Å². The number of hydrogen-bond acceptors (Lipinski definition) is 3. The molecule has 0 unspecified atom stereocenters. The van der Waals surface area contributed by atoms with Gasteiger partial charge in [-0.1, -0.05) is 71.7 Å². The highest BCUT2D eigenvalue weighted by Crippen LogP contribution is 2.36. The number of benzene rings is 3. The zero-order valence-electron chi connectivity index (χ0n) is 14.0. The lowest BCUT2D eigenvalue weighted by Crippen LogP contribution is -2.27. The molecule has 1 aliphatic rings. The van der Waals surface area contributed by atoms with E-state index in [1.54, 1.807) is 24.3 Å². The summed E-state index contributed by atoms with van der Waals surface area (Å²) in [6.45, 7) is 0.222. The Balaban J connectivity index is 1.67. The molecule has 6 heteroatoms. The number of carbonyl (C=O) groups excluding carboxylic acids is 2. The van der Waals surface area contributed by atoms with Gasteiger partial charge in [-0.3, -0.25) is 14.5 Å². The summed E-state index contributed by atoms with van der Waals surface area (Å²) in [5.74, 6) is -0.339. The molecule has 3 nitrogen and oxygen atoms in total. The third-order valence-electron chi connectivity index (χ3n) is 4.36. The number of nitrogens with zero attached hydrogens (tertiary/aromatic N) is 1. The molecule has 2 amide bonds. The molecule has 0 N–H and O–H groups in total. The van der Waals surface area contributed by atoms with E-state index >= 15 is 0 Å². The minimum atomic E-state index is -0.339. The average Bonchev–Trinajstić information content (AvgIpc) is 2.92. The van der Waals surface area contributed by atoms with Crippen molar-refractivity contribution in [2.45, 2.75) is 6.54 Å². The van der Waals surface area contributed by atoms with Crippen molar-refractivity contribution in [3.05, 3.63) is 86.7 Å². The Morgan fingerprint density at radius 3 is 2.33 bits per heavy atom. The summed E-state index contributed by atoms with van der Waals surface area (Å²) in [5.41, 5.74) is 1.46. The van der Waals surface area contributed by atoms with Crippen molar-refractivity contribution in [3.8, 4) is 0 Å². The molecule has 1 fully saturated rings. The second kappa shape index (κ2) is 7.39. The molecule has 0 aliphatic carbocycles. The maximum atomic E-state index is 12.8. The Labute approximate surface area is 170 Å². The van der Waals surface area contributed by atoms with E-state index < -0.39 is 0 Å². The largest absolute Gasteiger partial charge is 0.293 e. The Bertz CT molecular complexity index is 1080. The van der Waals surface area contributed by atoms with E-state index in [9.17, 15) is 9.59 Å². The van der Waals surface area contributed by atoms with Crippen molar-refractivity contribution >= 4 is 63.0 Å². The third-order valence-corrected chi connectivity index (χ3v) is 5.92. The van der Waals surface area contributed by atoms with Crippen LogP contribution in [0.15, 0.2) is 65.6 Å². The predicted molar refractivity (Wildman–Crippen MR) is 112 cm³/mol. The molecule has 4 rings (SSSR count). The predicted octanol–water partition coefficient (Wildman–Crippen LogP) is 6.38. The molecule has 0 atom stereocenters. The summed E-state index contributed by atoms with van der Waals surface area (Å²) in [6.07, 6.45) is 1.58. The molecule has 134 valence electrons. The lowest BCUT2D eigenvalue weighted by atomic mass is 10.0. The van der Waals surface area contributed by atoms with E-state index in [0.29, 0.717) is 20.5 Å². The van der Waals surface area contributed by atoms with Crippen molar-refractivity contribution in [1.82, 2.24) is 4.90 Å². The number of halogens is 2. The smallest absolute Gasteiger partial charge is 0.268 e. The lowest BCUT2D eigenvalue weighted by molar-refractivity contribution is -0.123. The first-order valence-corrected chi connectivity index (χ1v) is 9.78. The summed E-state index contributed by atoms with van der Waals surface area (Å²) in [4.78, 5) is 26.8. The van der Waals surface area contributed by atoms with Crippen LogP contribution in [0.25, 0.3) is 16.8 Å². The fourth-order valence-corrected chi connectivity index (χ4v) is 4.34. The van der Waals surface area contributed by atoms with Gasteiger partial charge in [0.15, 0.2) is 0 Å². The Hall–Kier alpha value is -2.27. The SMILES string of the molecule is O=C1S/C(=C\c2c(Cl)cccc2Cl)C(=O)N1Cc1cccc2ccccc12. The van der Waals surface area contributed by atoms with E-state index in [1.165, 1.54) is 4.90 Å². The minimum Gasteiger partial charge on any atom is -0.268 e. The monoisotopic (exact) mass is 413 g/mol. The Morgan fingerprint density at radius 2 is 1.56 bits per heavy atom. The summed E-state index contributed by atoms with van der Waals surface area (Å²) >= 11 is 13.3. The van der Waals surface area contributed by atoms with E-state index in [2.05, 4.69) is 0 Å². The molecule has 27 heavy (non-hydrogen) atoms. The third kappa shape index (κ3) is 3.48. The topological polar surface area (TPSA) is 37.4 Å². The van der Waals surface area contributed by atoms with Crippen molar-refractivity contribution in [1.29, 1.82) is 0 Å². The first kappa shape index (κ1) is 18.1.